The maximum Gasteiger partial charge on any atom is 0.246 e. The minimum atomic E-state index is -0.471. The normalized spacial score (nSPS) is 11.9. The Morgan fingerprint density at radius 3 is 2.56 bits per heavy atom. The fourth-order valence-corrected chi connectivity index (χ4v) is 4.88. The molecule has 36 heavy (non-hydrogen) atoms. The van der Waals surface area contributed by atoms with E-state index >= 15 is 0 Å². The largest absolute Gasteiger partial charge is 0.375 e. The smallest absolute Gasteiger partial charge is 0.246 e. The summed E-state index contributed by atoms with van der Waals surface area (Å²) in [5.41, 5.74) is 3.79. The second kappa shape index (κ2) is 12.2. The molecule has 0 aliphatic carbocycles. The molecule has 1 heterocycles. The Balaban J connectivity index is 1.76. The zero-order chi connectivity index (χ0) is 25.5. The number of ether oxygens (including phenoxy) is 1. The van der Waals surface area contributed by atoms with Crippen molar-refractivity contribution in [2.75, 3.05) is 13.7 Å². The number of thioether (sulfide) groups is 1. The zero-order valence-corrected chi connectivity index (χ0v) is 21.5. The van der Waals surface area contributed by atoms with Crippen LogP contribution in [0.1, 0.15) is 28.6 Å². The number of nitrogens with one attached hydrogen (secondary N) is 1. The summed E-state index contributed by atoms with van der Waals surface area (Å²) in [6, 6.07) is 21.4. The minimum absolute atomic E-state index is 0.0677. The van der Waals surface area contributed by atoms with Crippen molar-refractivity contribution >= 4 is 29.3 Å². The first kappa shape index (κ1) is 25.9. The molecule has 0 aliphatic rings. The number of rotatable bonds is 10. The van der Waals surface area contributed by atoms with E-state index < -0.39 is 6.04 Å². The van der Waals surface area contributed by atoms with Gasteiger partial charge in [-0.15, -0.1) is 10.2 Å². The highest BCUT2D eigenvalue weighted by molar-refractivity contribution is 7.98. The molecule has 0 fully saturated rings. The predicted molar refractivity (Wildman–Crippen MR) is 140 cm³/mol. The third-order valence-corrected chi connectivity index (χ3v) is 6.79. The van der Waals surface area contributed by atoms with Crippen molar-refractivity contribution in [1.29, 1.82) is 0 Å². The van der Waals surface area contributed by atoms with Gasteiger partial charge in [-0.2, -0.15) is 0 Å². The number of nitrogens with zero attached hydrogens (tertiary/aromatic N) is 3. The molecule has 1 aromatic heterocycles. The van der Waals surface area contributed by atoms with Gasteiger partial charge in [0.15, 0.2) is 11.0 Å². The Morgan fingerprint density at radius 2 is 1.83 bits per heavy atom. The first-order valence-corrected chi connectivity index (χ1v) is 12.7. The number of carbonyl (C=O) groups is 1. The monoisotopic (exact) mass is 524 g/mol. The van der Waals surface area contributed by atoms with Gasteiger partial charge in [-0.3, -0.25) is 9.36 Å². The second-order valence-corrected chi connectivity index (χ2v) is 9.64. The van der Waals surface area contributed by atoms with Gasteiger partial charge in [0.1, 0.15) is 12.4 Å². The average molecular weight is 525 g/mol. The number of methoxy groups -OCH3 is 1. The summed E-state index contributed by atoms with van der Waals surface area (Å²) < 4.78 is 20.3. The van der Waals surface area contributed by atoms with E-state index in [1.807, 2.05) is 60.0 Å². The number of halogens is 2. The van der Waals surface area contributed by atoms with Gasteiger partial charge in [-0.25, -0.2) is 4.39 Å². The molecule has 4 rings (SSSR count). The highest BCUT2D eigenvalue weighted by atomic mass is 35.5. The molecule has 0 spiro atoms. The molecule has 6 nitrogen and oxygen atoms in total. The molecule has 1 N–H and O–H groups in total. The predicted octanol–water partition coefficient (Wildman–Crippen LogP) is 5.71. The van der Waals surface area contributed by atoms with Gasteiger partial charge < -0.3 is 10.1 Å². The second-order valence-electron chi connectivity index (χ2n) is 8.26. The molecule has 0 saturated carbocycles. The van der Waals surface area contributed by atoms with Gasteiger partial charge in [0.25, 0.3) is 0 Å². The van der Waals surface area contributed by atoms with Crippen LogP contribution in [0.3, 0.4) is 0 Å². The number of aromatic nitrogens is 3. The SMILES string of the molecule is COCC(=O)NC(Cc1ccccc1)c1nnc(SCc2ccc(F)cc2)n1-c1cc(Cl)ccc1C. The number of benzene rings is 3. The van der Waals surface area contributed by atoms with Gasteiger partial charge in [-0.1, -0.05) is 71.9 Å². The van der Waals surface area contributed by atoms with Crippen LogP contribution < -0.4 is 5.32 Å². The lowest BCUT2D eigenvalue weighted by atomic mass is 10.0. The first-order chi connectivity index (χ1) is 17.4. The summed E-state index contributed by atoms with van der Waals surface area (Å²) in [7, 11) is 1.48. The first-order valence-electron chi connectivity index (χ1n) is 11.4. The summed E-state index contributed by atoms with van der Waals surface area (Å²) in [5, 5.41) is 13.3. The van der Waals surface area contributed by atoms with E-state index in [4.69, 9.17) is 16.3 Å². The zero-order valence-electron chi connectivity index (χ0n) is 19.9. The van der Waals surface area contributed by atoms with Crippen molar-refractivity contribution in [2.45, 2.75) is 30.3 Å². The maximum atomic E-state index is 13.4. The van der Waals surface area contributed by atoms with Gasteiger partial charge in [-0.05, 0) is 54.3 Å². The summed E-state index contributed by atoms with van der Waals surface area (Å²) in [4.78, 5) is 12.6. The number of amides is 1. The molecule has 1 unspecified atom stereocenters. The average Bonchev–Trinajstić information content (AvgIpc) is 3.29. The van der Waals surface area contributed by atoms with E-state index in [0.717, 1.165) is 22.4 Å². The van der Waals surface area contributed by atoms with Crippen LogP contribution in [0.5, 0.6) is 0 Å². The van der Waals surface area contributed by atoms with Gasteiger partial charge in [0, 0.05) is 17.9 Å². The van der Waals surface area contributed by atoms with Crippen molar-refractivity contribution in [1.82, 2.24) is 20.1 Å². The van der Waals surface area contributed by atoms with Crippen molar-refractivity contribution in [3.05, 3.63) is 106 Å². The topological polar surface area (TPSA) is 69.0 Å². The quantitative estimate of drug-likeness (QED) is 0.269. The van der Waals surface area contributed by atoms with Crippen LogP contribution in [0.2, 0.25) is 5.02 Å². The Kier molecular flexibility index (Phi) is 8.74. The Morgan fingerprint density at radius 1 is 1.08 bits per heavy atom. The molecular formula is C27H26ClFN4O2S. The van der Waals surface area contributed by atoms with Crippen LogP contribution in [0.15, 0.2) is 78.0 Å². The molecule has 0 saturated heterocycles. The third kappa shape index (κ3) is 6.51. The molecule has 0 bridgehead atoms. The Hall–Kier alpha value is -3.20. The van der Waals surface area contributed by atoms with Crippen molar-refractivity contribution < 1.29 is 13.9 Å². The van der Waals surface area contributed by atoms with Crippen molar-refractivity contribution in [3.8, 4) is 5.69 Å². The summed E-state index contributed by atoms with van der Waals surface area (Å²) in [6.45, 7) is 1.92. The number of hydrogen-bond donors (Lipinski definition) is 1. The van der Waals surface area contributed by atoms with Gasteiger partial charge in [0.05, 0.1) is 11.7 Å². The lowest BCUT2D eigenvalue weighted by Crippen LogP contribution is -2.34. The summed E-state index contributed by atoms with van der Waals surface area (Å²) in [5.74, 6) is 0.614. The molecule has 186 valence electrons. The van der Waals surface area contributed by atoms with E-state index in [2.05, 4.69) is 15.5 Å². The van der Waals surface area contributed by atoms with Crippen LogP contribution in [0, 0.1) is 12.7 Å². The fraction of sp³-hybridized carbons (Fsp3) is 0.222. The van der Waals surface area contributed by atoms with E-state index in [0.29, 0.717) is 28.2 Å². The van der Waals surface area contributed by atoms with E-state index in [-0.39, 0.29) is 18.3 Å². The fourth-order valence-electron chi connectivity index (χ4n) is 3.80. The summed E-state index contributed by atoms with van der Waals surface area (Å²) >= 11 is 7.85. The third-order valence-electron chi connectivity index (χ3n) is 5.56. The molecule has 3 aromatic carbocycles. The van der Waals surface area contributed by atoms with E-state index in [1.54, 1.807) is 12.1 Å². The summed E-state index contributed by atoms with van der Waals surface area (Å²) in [6.07, 6.45) is 0.511. The van der Waals surface area contributed by atoms with Crippen LogP contribution in [0.25, 0.3) is 5.69 Å². The molecule has 4 aromatic rings. The highest BCUT2D eigenvalue weighted by Crippen LogP contribution is 2.31. The van der Waals surface area contributed by atoms with Crippen LogP contribution in [0.4, 0.5) is 4.39 Å². The van der Waals surface area contributed by atoms with Crippen molar-refractivity contribution in [3.63, 3.8) is 0 Å². The number of aryl methyl sites for hydroxylation is 1. The van der Waals surface area contributed by atoms with E-state index in [9.17, 15) is 9.18 Å². The Bertz CT molecular complexity index is 1320. The Labute approximate surface area is 218 Å². The lowest BCUT2D eigenvalue weighted by molar-refractivity contribution is -0.125. The van der Waals surface area contributed by atoms with E-state index in [1.165, 1.54) is 31.0 Å². The molecule has 0 aliphatic heterocycles. The molecule has 0 radical (unpaired) electrons. The molecule has 1 atom stereocenters. The van der Waals surface area contributed by atoms with Gasteiger partial charge >= 0.3 is 0 Å². The standard InChI is InChI=1S/C27H26ClFN4O2S/c1-18-8-11-21(28)15-24(18)33-26(31-32-27(33)36-17-20-9-12-22(29)13-10-20)23(30-25(34)16-35-2)14-19-6-4-3-5-7-19/h3-13,15,23H,14,16-17H2,1-2H3,(H,30,34). The van der Waals surface area contributed by atoms with Crippen LogP contribution in [-0.2, 0) is 21.7 Å². The van der Waals surface area contributed by atoms with Gasteiger partial charge in [0.2, 0.25) is 5.91 Å². The number of carbonyl (C=O) groups excluding carboxylic acids is 1. The van der Waals surface area contributed by atoms with Crippen LogP contribution >= 0.6 is 23.4 Å². The van der Waals surface area contributed by atoms with Crippen LogP contribution in [-0.4, -0.2) is 34.4 Å². The number of hydrogen-bond acceptors (Lipinski definition) is 5. The molecule has 1 amide bonds. The highest BCUT2D eigenvalue weighted by Gasteiger charge is 2.25. The molecule has 9 heteroatoms. The minimum Gasteiger partial charge on any atom is -0.375 e. The van der Waals surface area contributed by atoms with Crippen molar-refractivity contribution in [2.24, 2.45) is 0 Å². The maximum absolute atomic E-state index is 13.4. The molecular weight excluding hydrogens is 499 g/mol. The lowest BCUT2D eigenvalue weighted by Gasteiger charge is -2.21.